The standard InChI is InChI=1S/C56H44N2/c1-37-5-13-41(14-6-37)43-17-29-49(30-18-43)57(47-25-9-39(3)10-26-47)53-35-23-45-22-34-52-54(36-24-46-21-33-51(53)55(45)56(46)52)58(48-27-11-40(4)12-28-48)50-31-19-44(20-32-50)42-15-7-38(2)8-16-42/h5-36H,1-4H3. The molecule has 10 aromatic rings. The lowest BCUT2D eigenvalue weighted by Gasteiger charge is -2.29. The van der Waals surface area contributed by atoms with Crippen molar-refractivity contribution in [3.05, 3.63) is 216 Å². The number of rotatable bonds is 8. The van der Waals surface area contributed by atoms with Gasteiger partial charge in [0.1, 0.15) is 0 Å². The van der Waals surface area contributed by atoms with E-state index in [0.717, 1.165) is 34.1 Å². The molecule has 0 aliphatic carbocycles. The third-order valence-corrected chi connectivity index (χ3v) is 11.7. The average molecular weight is 745 g/mol. The number of anilines is 6. The van der Waals surface area contributed by atoms with Crippen LogP contribution in [0.4, 0.5) is 34.1 Å². The summed E-state index contributed by atoms with van der Waals surface area (Å²) in [6.45, 7) is 8.57. The Morgan fingerprint density at radius 3 is 0.793 bits per heavy atom. The van der Waals surface area contributed by atoms with Crippen molar-refractivity contribution in [2.75, 3.05) is 9.80 Å². The Hall–Kier alpha value is -7.16. The number of hydrogen-bond donors (Lipinski definition) is 0. The lowest BCUT2D eigenvalue weighted by atomic mass is 9.91. The highest BCUT2D eigenvalue weighted by atomic mass is 15.1. The second kappa shape index (κ2) is 14.4. The maximum absolute atomic E-state index is 2.42. The Kier molecular flexibility index (Phi) is 8.76. The quantitative estimate of drug-likeness (QED) is 0.143. The van der Waals surface area contributed by atoms with Gasteiger partial charge in [-0.2, -0.15) is 0 Å². The molecule has 2 heteroatoms. The minimum Gasteiger partial charge on any atom is -0.310 e. The van der Waals surface area contributed by atoms with Gasteiger partial charge in [-0.05, 0) is 132 Å². The molecule has 0 N–H and O–H groups in total. The van der Waals surface area contributed by atoms with Crippen LogP contribution in [0.2, 0.25) is 0 Å². The highest BCUT2D eigenvalue weighted by Gasteiger charge is 2.22. The summed E-state index contributed by atoms with van der Waals surface area (Å²) in [5.74, 6) is 0. The van der Waals surface area contributed by atoms with E-state index in [1.165, 1.54) is 76.8 Å². The molecule has 0 radical (unpaired) electrons. The van der Waals surface area contributed by atoms with Crippen molar-refractivity contribution >= 4 is 66.4 Å². The van der Waals surface area contributed by atoms with Gasteiger partial charge in [0, 0.05) is 33.5 Å². The van der Waals surface area contributed by atoms with E-state index in [4.69, 9.17) is 0 Å². The molecule has 0 aliphatic heterocycles. The van der Waals surface area contributed by atoms with E-state index in [-0.39, 0.29) is 0 Å². The van der Waals surface area contributed by atoms with Gasteiger partial charge in [-0.25, -0.2) is 0 Å². The number of hydrogen-bond acceptors (Lipinski definition) is 2. The topological polar surface area (TPSA) is 6.48 Å². The summed E-state index contributed by atoms with van der Waals surface area (Å²) in [6, 6.07) is 71.8. The minimum absolute atomic E-state index is 1.12. The Morgan fingerprint density at radius 2 is 0.483 bits per heavy atom. The molecular weight excluding hydrogens is 701 g/mol. The zero-order valence-corrected chi connectivity index (χ0v) is 33.4. The normalized spacial score (nSPS) is 11.4. The van der Waals surface area contributed by atoms with Crippen LogP contribution in [0.5, 0.6) is 0 Å². The zero-order chi connectivity index (χ0) is 39.3. The van der Waals surface area contributed by atoms with Gasteiger partial charge in [0.05, 0.1) is 11.4 Å². The van der Waals surface area contributed by atoms with Crippen molar-refractivity contribution < 1.29 is 0 Å². The van der Waals surface area contributed by atoms with E-state index >= 15 is 0 Å². The number of benzene rings is 10. The predicted octanol–water partition coefficient (Wildman–Crippen LogP) is 16.1. The first-order valence-corrected chi connectivity index (χ1v) is 20.2. The van der Waals surface area contributed by atoms with Crippen molar-refractivity contribution in [1.82, 2.24) is 0 Å². The van der Waals surface area contributed by atoms with Crippen LogP contribution in [0, 0.1) is 27.7 Å². The molecule has 0 aromatic heterocycles. The van der Waals surface area contributed by atoms with Crippen molar-refractivity contribution in [3.8, 4) is 22.3 Å². The zero-order valence-electron chi connectivity index (χ0n) is 33.4. The van der Waals surface area contributed by atoms with E-state index in [1.54, 1.807) is 0 Å². The summed E-state index contributed by atoms with van der Waals surface area (Å²) < 4.78 is 0. The maximum atomic E-state index is 2.42. The van der Waals surface area contributed by atoms with Crippen LogP contribution in [0.15, 0.2) is 194 Å². The fourth-order valence-electron chi connectivity index (χ4n) is 8.50. The molecule has 0 fully saturated rings. The first-order valence-electron chi connectivity index (χ1n) is 20.2. The molecule has 0 saturated carbocycles. The second-order valence-corrected chi connectivity index (χ2v) is 15.8. The van der Waals surface area contributed by atoms with Gasteiger partial charge in [-0.1, -0.05) is 156 Å². The van der Waals surface area contributed by atoms with Crippen molar-refractivity contribution in [1.29, 1.82) is 0 Å². The monoisotopic (exact) mass is 744 g/mol. The Labute approximate surface area is 341 Å². The van der Waals surface area contributed by atoms with Gasteiger partial charge in [-0.3, -0.25) is 0 Å². The molecule has 58 heavy (non-hydrogen) atoms. The smallest absolute Gasteiger partial charge is 0.0540 e. The first-order chi connectivity index (χ1) is 28.4. The predicted molar refractivity (Wildman–Crippen MR) is 249 cm³/mol. The molecule has 0 bridgehead atoms. The van der Waals surface area contributed by atoms with Crippen LogP contribution < -0.4 is 9.80 Å². The molecule has 10 rings (SSSR count). The molecule has 0 unspecified atom stereocenters. The van der Waals surface area contributed by atoms with E-state index < -0.39 is 0 Å². The van der Waals surface area contributed by atoms with Gasteiger partial charge < -0.3 is 9.80 Å². The largest absolute Gasteiger partial charge is 0.310 e. The van der Waals surface area contributed by atoms with Crippen molar-refractivity contribution in [2.24, 2.45) is 0 Å². The molecule has 278 valence electrons. The van der Waals surface area contributed by atoms with E-state index in [0.29, 0.717) is 0 Å². The van der Waals surface area contributed by atoms with Crippen LogP contribution in [0.1, 0.15) is 22.3 Å². The average Bonchev–Trinajstić information content (AvgIpc) is 3.26. The highest BCUT2D eigenvalue weighted by molar-refractivity contribution is 6.28. The van der Waals surface area contributed by atoms with Crippen LogP contribution in [0.3, 0.4) is 0 Å². The van der Waals surface area contributed by atoms with Crippen LogP contribution in [0.25, 0.3) is 54.6 Å². The van der Waals surface area contributed by atoms with Crippen molar-refractivity contribution in [2.45, 2.75) is 27.7 Å². The lowest BCUT2D eigenvalue weighted by molar-refractivity contribution is 1.29. The Morgan fingerprint density at radius 1 is 0.241 bits per heavy atom. The molecular formula is C56H44N2. The second-order valence-electron chi connectivity index (χ2n) is 15.8. The molecule has 0 spiro atoms. The molecule has 2 nitrogen and oxygen atoms in total. The fraction of sp³-hybridized carbons (Fsp3) is 0.0714. The molecule has 0 amide bonds. The first kappa shape index (κ1) is 35.3. The van der Waals surface area contributed by atoms with Gasteiger partial charge in [0.25, 0.3) is 0 Å². The van der Waals surface area contributed by atoms with E-state index in [9.17, 15) is 0 Å². The van der Waals surface area contributed by atoms with Gasteiger partial charge >= 0.3 is 0 Å². The summed E-state index contributed by atoms with van der Waals surface area (Å²) in [4.78, 5) is 4.83. The SMILES string of the molecule is Cc1ccc(-c2ccc(N(c3ccc(C)cc3)c3ccc4ccc5c(N(c6ccc(C)cc6)c6ccc(-c7ccc(C)cc7)cc6)ccc6ccc3c4c65)cc2)cc1. The summed E-state index contributed by atoms with van der Waals surface area (Å²) >= 11 is 0. The van der Waals surface area contributed by atoms with E-state index in [1.807, 2.05) is 0 Å². The minimum atomic E-state index is 1.12. The van der Waals surface area contributed by atoms with Gasteiger partial charge in [0.15, 0.2) is 0 Å². The van der Waals surface area contributed by atoms with Crippen LogP contribution in [-0.2, 0) is 0 Å². The summed E-state index contributed by atoms with van der Waals surface area (Å²) in [6.07, 6.45) is 0. The Balaban J connectivity index is 1.14. The summed E-state index contributed by atoms with van der Waals surface area (Å²) in [5, 5.41) is 7.47. The Bertz CT molecular complexity index is 2820. The fourth-order valence-corrected chi connectivity index (χ4v) is 8.50. The van der Waals surface area contributed by atoms with E-state index in [2.05, 4.69) is 232 Å². The highest BCUT2D eigenvalue weighted by Crippen LogP contribution is 2.47. The third-order valence-electron chi connectivity index (χ3n) is 11.7. The molecule has 0 aliphatic rings. The summed E-state index contributed by atoms with van der Waals surface area (Å²) in [5.41, 5.74) is 16.7. The van der Waals surface area contributed by atoms with Crippen LogP contribution >= 0.6 is 0 Å². The lowest BCUT2D eigenvalue weighted by Crippen LogP contribution is -2.11. The maximum Gasteiger partial charge on any atom is 0.0540 e. The van der Waals surface area contributed by atoms with Crippen molar-refractivity contribution in [3.63, 3.8) is 0 Å². The number of aryl methyl sites for hydroxylation is 4. The van der Waals surface area contributed by atoms with Crippen LogP contribution in [-0.4, -0.2) is 0 Å². The van der Waals surface area contributed by atoms with Gasteiger partial charge in [-0.15, -0.1) is 0 Å². The molecule has 10 aromatic carbocycles. The molecule has 0 atom stereocenters. The third kappa shape index (κ3) is 6.33. The molecule has 0 heterocycles. The van der Waals surface area contributed by atoms with Gasteiger partial charge in [0.2, 0.25) is 0 Å². The summed E-state index contributed by atoms with van der Waals surface area (Å²) in [7, 11) is 0. The number of nitrogens with zero attached hydrogens (tertiary/aromatic N) is 2. The molecule has 0 saturated heterocycles.